The Morgan fingerprint density at radius 1 is 1.25 bits per heavy atom. The summed E-state index contributed by atoms with van der Waals surface area (Å²) in [7, 11) is 0. The molecular formula is C15H14BrClFNO. The summed E-state index contributed by atoms with van der Waals surface area (Å²) in [5.41, 5.74) is 7.00. The van der Waals surface area contributed by atoms with Gasteiger partial charge in [-0.3, -0.25) is 0 Å². The van der Waals surface area contributed by atoms with E-state index in [1.165, 1.54) is 6.07 Å². The highest BCUT2D eigenvalue weighted by atomic mass is 79.9. The van der Waals surface area contributed by atoms with Gasteiger partial charge in [-0.15, -0.1) is 0 Å². The van der Waals surface area contributed by atoms with Crippen LogP contribution in [0.2, 0.25) is 5.02 Å². The van der Waals surface area contributed by atoms with Crippen molar-refractivity contribution in [1.29, 1.82) is 0 Å². The first-order valence-corrected chi connectivity index (χ1v) is 7.24. The zero-order valence-electron chi connectivity index (χ0n) is 11.1. The fourth-order valence-corrected chi connectivity index (χ4v) is 2.55. The third-order valence-corrected chi connectivity index (χ3v) is 3.75. The van der Waals surface area contributed by atoms with E-state index in [9.17, 15) is 4.39 Å². The van der Waals surface area contributed by atoms with Crippen LogP contribution in [0.25, 0.3) is 0 Å². The predicted octanol–water partition coefficient (Wildman–Crippen LogP) is 5.36. The Balaban J connectivity index is 2.44. The van der Waals surface area contributed by atoms with Gasteiger partial charge in [0.15, 0.2) is 0 Å². The maximum atomic E-state index is 13.7. The number of aryl methyl sites for hydroxylation is 1. The van der Waals surface area contributed by atoms with Crippen LogP contribution in [-0.4, -0.2) is 0 Å². The molecule has 0 saturated heterocycles. The summed E-state index contributed by atoms with van der Waals surface area (Å²) >= 11 is 9.28. The van der Waals surface area contributed by atoms with E-state index in [-0.39, 0.29) is 11.9 Å². The van der Waals surface area contributed by atoms with Gasteiger partial charge in [-0.05, 0) is 65.7 Å². The molecule has 1 unspecified atom stereocenters. The lowest BCUT2D eigenvalue weighted by molar-refractivity contribution is 0.465. The highest BCUT2D eigenvalue weighted by Crippen LogP contribution is 2.35. The van der Waals surface area contributed by atoms with Crippen molar-refractivity contribution in [2.45, 2.75) is 19.9 Å². The fraction of sp³-hybridized carbons (Fsp3) is 0.200. The molecular weight excluding hydrogens is 345 g/mol. The molecule has 0 aliphatic heterocycles. The van der Waals surface area contributed by atoms with Crippen molar-refractivity contribution in [2.75, 3.05) is 0 Å². The van der Waals surface area contributed by atoms with E-state index >= 15 is 0 Å². The van der Waals surface area contributed by atoms with Crippen LogP contribution in [0.4, 0.5) is 4.39 Å². The standard InChI is InChI=1S/C15H14BrClFNO/c1-8-5-15(11(9(2)19)7-13(8)18)20-14-4-3-10(17)6-12(14)16/h3-7,9H,19H2,1-2H3. The van der Waals surface area contributed by atoms with Crippen molar-refractivity contribution in [3.63, 3.8) is 0 Å². The lowest BCUT2D eigenvalue weighted by Gasteiger charge is -2.16. The summed E-state index contributed by atoms with van der Waals surface area (Å²) in [6.07, 6.45) is 0. The minimum atomic E-state index is -0.328. The van der Waals surface area contributed by atoms with Crippen molar-refractivity contribution < 1.29 is 9.13 Å². The molecule has 0 saturated carbocycles. The van der Waals surface area contributed by atoms with Crippen LogP contribution in [0.15, 0.2) is 34.8 Å². The summed E-state index contributed by atoms with van der Waals surface area (Å²) < 4.78 is 20.2. The summed E-state index contributed by atoms with van der Waals surface area (Å²) in [6, 6.07) is 7.94. The minimum absolute atomic E-state index is 0.292. The SMILES string of the molecule is Cc1cc(Oc2ccc(Cl)cc2Br)c(C(C)N)cc1F. The molecule has 5 heteroatoms. The van der Waals surface area contributed by atoms with Crippen molar-refractivity contribution in [3.8, 4) is 11.5 Å². The van der Waals surface area contributed by atoms with Gasteiger partial charge in [0, 0.05) is 16.6 Å². The molecule has 2 nitrogen and oxygen atoms in total. The van der Waals surface area contributed by atoms with E-state index < -0.39 is 0 Å². The van der Waals surface area contributed by atoms with Crippen LogP contribution >= 0.6 is 27.5 Å². The Kier molecular flexibility index (Phi) is 4.68. The summed E-state index contributed by atoms with van der Waals surface area (Å²) in [5, 5.41) is 0.604. The fourth-order valence-electron chi connectivity index (χ4n) is 1.79. The van der Waals surface area contributed by atoms with Gasteiger partial charge < -0.3 is 10.5 Å². The summed E-state index contributed by atoms with van der Waals surface area (Å²) in [6.45, 7) is 3.47. The van der Waals surface area contributed by atoms with Crippen molar-refractivity contribution in [1.82, 2.24) is 0 Å². The van der Waals surface area contributed by atoms with E-state index in [1.54, 1.807) is 38.1 Å². The molecule has 0 aliphatic carbocycles. The summed E-state index contributed by atoms with van der Waals surface area (Å²) in [5.74, 6) is 0.851. The van der Waals surface area contributed by atoms with Crippen LogP contribution in [0.5, 0.6) is 11.5 Å². The van der Waals surface area contributed by atoms with E-state index in [0.29, 0.717) is 27.6 Å². The monoisotopic (exact) mass is 357 g/mol. The van der Waals surface area contributed by atoms with E-state index in [1.807, 2.05) is 0 Å². The normalized spacial score (nSPS) is 12.3. The molecule has 106 valence electrons. The number of hydrogen-bond donors (Lipinski definition) is 1. The molecule has 1 atom stereocenters. The predicted molar refractivity (Wildman–Crippen MR) is 83.0 cm³/mol. The average molecular weight is 359 g/mol. The first kappa shape index (κ1) is 15.3. The molecule has 2 aromatic carbocycles. The summed E-state index contributed by atoms with van der Waals surface area (Å²) in [4.78, 5) is 0. The number of ether oxygens (including phenoxy) is 1. The van der Waals surface area contributed by atoms with Gasteiger partial charge in [-0.25, -0.2) is 4.39 Å². The second-order valence-corrected chi connectivity index (χ2v) is 5.90. The molecule has 20 heavy (non-hydrogen) atoms. The second kappa shape index (κ2) is 6.12. The molecule has 0 aliphatic rings. The lowest BCUT2D eigenvalue weighted by atomic mass is 10.1. The van der Waals surface area contributed by atoms with Gasteiger partial charge in [0.05, 0.1) is 4.47 Å². The maximum absolute atomic E-state index is 13.7. The van der Waals surface area contributed by atoms with Gasteiger partial charge >= 0.3 is 0 Å². The lowest BCUT2D eigenvalue weighted by Crippen LogP contribution is -2.08. The van der Waals surface area contributed by atoms with Gasteiger partial charge in [0.2, 0.25) is 0 Å². The average Bonchev–Trinajstić information content (AvgIpc) is 2.36. The number of nitrogens with two attached hydrogens (primary N) is 1. The molecule has 0 aromatic heterocycles. The van der Waals surface area contributed by atoms with Crippen LogP contribution < -0.4 is 10.5 Å². The van der Waals surface area contributed by atoms with Crippen LogP contribution in [0.1, 0.15) is 24.1 Å². The maximum Gasteiger partial charge on any atom is 0.141 e. The highest BCUT2D eigenvalue weighted by molar-refractivity contribution is 9.10. The molecule has 0 fully saturated rings. The molecule has 2 rings (SSSR count). The Morgan fingerprint density at radius 3 is 2.55 bits per heavy atom. The van der Waals surface area contributed by atoms with Crippen molar-refractivity contribution in [3.05, 3.63) is 56.8 Å². The Labute approximate surface area is 130 Å². The quantitative estimate of drug-likeness (QED) is 0.801. The van der Waals surface area contributed by atoms with Gasteiger partial charge in [-0.1, -0.05) is 11.6 Å². The van der Waals surface area contributed by atoms with E-state index in [2.05, 4.69) is 15.9 Å². The largest absolute Gasteiger partial charge is 0.456 e. The first-order chi connectivity index (χ1) is 9.38. The smallest absolute Gasteiger partial charge is 0.141 e. The van der Waals surface area contributed by atoms with Crippen LogP contribution in [0, 0.1) is 12.7 Å². The molecule has 2 aromatic rings. The molecule has 0 bridgehead atoms. The van der Waals surface area contributed by atoms with Crippen LogP contribution in [0.3, 0.4) is 0 Å². The van der Waals surface area contributed by atoms with Gasteiger partial charge in [0.25, 0.3) is 0 Å². The topological polar surface area (TPSA) is 35.2 Å². The number of rotatable bonds is 3. The van der Waals surface area contributed by atoms with Crippen LogP contribution in [-0.2, 0) is 0 Å². The third kappa shape index (κ3) is 3.32. The van der Waals surface area contributed by atoms with E-state index in [0.717, 1.165) is 4.47 Å². The minimum Gasteiger partial charge on any atom is -0.456 e. The molecule has 0 heterocycles. The zero-order valence-corrected chi connectivity index (χ0v) is 13.4. The second-order valence-electron chi connectivity index (χ2n) is 4.60. The number of benzene rings is 2. The Hall–Kier alpha value is -1.10. The molecule has 0 radical (unpaired) electrons. The molecule has 2 N–H and O–H groups in total. The van der Waals surface area contributed by atoms with Gasteiger partial charge in [-0.2, -0.15) is 0 Å². The number of hydrogen-bond acceptors (Lipinski definition) is 2. The van der Waals surface area contributed by atoms with Crippen molar-refractivity contribution >= 4 is 27.5 Å². The van der Waals surface area contributed by atoms with E-state index in [4.69, 9.17) is 22.1 Å². The number of halogens is 3. The Bertz CT molecular complexity index is 646. The highest BCUT2D eigenvalue weighted by Gasteiger charge is 2.14. The molecule has 0 spiro atoms. The zero-order chi connectivity index (χ0) is 14.9. The third-order valence-electron chi connectivity index (χ3n) is 2.90. The van der Waals surface area contributed by atoms with Crippen molar-refractivity contribution in [2.24, 2.45) is 5.73 Å². The first-order valence-electron chi connectivity index (χ1n) is 6.07. The molecule has 0 amide bonds. The Morgan fingerprint density at radius 2 is 1.95 bits per heavy atom. The van der Waals surface area contributed by atoms with Gasteiger partial charge in [0.1, 0.15) is 17.3 Å².